The second-order valence-corrected chi connectivity index (χ2v) is 17.9. The average Bonchev–Trinajstić information content (AvgIpc) is 3.79. The highest BCUT2D eigenvalue weighted by molar-refractivity contribution is 7.91. The fourth-order valence-electron chi connectivity index (χ4n) is 7.75. The summed E-state index contributed by atoms with van der Waals surface area (Å²) >= 11 is 6.83. The summed E-state index contributed by atoms with van der Waals surface area (Å²) in [4.78, 5) is 0.351. The molecule has 3 aliphatic heterocycles. The van der Waals surface area contributed by atoms with Gasteiger partial charge in [-0.15, -0.1) is 11.6 Å². The van der Waals surface area contributed by atoms with E-state index in [9.17, 15) is 13.5 Å². The molecular formula is C40H63ClO7S. The predicted octanol–water partition coefficient (Wildman–Crippen LogP) is 8.46. The van der Waals surface area contributed by atoms with Gasteiger partial charge in [-0.2, -0.15) is 0 Å². The smallest absolute Gasteiger partial charge is 0.178 e. The number of ether oxygens (including phenoxy) is 4. The topological polar surface area (TPSA) is 91.3 Å². The minimum Gasteiger partial charge on any atom is -0.389 e. The van der Waals surface area contributed by atoms with Gasteiger partial charge in [-0.3, -0.25) is 0 Å². The third kappa shape index (κ3) is 11.9. The molecule has 0 bridgehead atoms. The molecular weight excluding hydrogens is 660 g/mol. The number of aliphatic hydroxyl groups is 1. The highest BCUT2D eigenvalue weighted by Crippen LogP contribution is 2.41. The molecule has 7 nitrogen and oxygen atoms in total. The summed E-state index contributed by atoms with van der Waals surface area (Å²) < 4.78 is 51.2. The summed E-state index contributed by atoms with van der Waals surface area (Å²) in [7, 11) is -3.53. The summed E-state index contributed by atoms with van der Waals surface area (Å²) in [5.41, 5.74) is 3.00. The zero-order valence-electron chi connectivity index (χ0n) is 30.7. The highest BCUT2D eigenvalue weighted by Gasteiger charge is 2.45. The largest absolute Gasteiger partial charge is 0.389 e. The minimum absolute atomic E-state index is 0.00602. The van der Waals surface area contributed by atoms with E-state index in [1.165, 1.54) is 0 Å². The van der Waals surface area contributed by atoms with Crippen LogP contribution in [0.4, 0.5) is 0 Å². The first-order valence-electron chi connectivity index (χ1n) is 18.8. The van der Waals surface area contributed by atoms with Gasteiger partial charge >= 0.3 is 0 Å². The van der Waals surface area contributed by atoms with Gasteiger partial charge in [-0.1, -0.05) is 66.3 Å². The Morgan fingerprint density at radius 2 is 1.69 bits per heavy atom. The standard InChI is InChI=1S/C40H63ClO7S/c1-8-26(3)22-38-30(7)35(25-49(43,44)34-14-10-31(9-2)11-15-34)39(48-38)24-36(42)28(5)20-27(4)21-32(41)12-16-37-29(6)23-33(47-37)13-17-40-45-18-19-46-40/h10-11,14-15,26-27,30,32-33,35-40,42H,5-6,8-9,12-13,16-25H2,1-4,7H3/t26-,27+,30-,32+,33+,35-,36-,37+,38-,39+/m1/s1. The molecule has 0 spiro atoms. The third-order valence-electron chi connectivity index (χ3n) is 11.2. The molecule has 1 N–H and O–H groups in total. The summed E-state index contributed by atoms with van der Waals surface area (Å²) in [6, 6.07) is 7.23. The first-order chi connectivity index (χ1) is 23.3. The maximum absolute atomic E-state index is 13.6. The van der Waals surface area contributed by atoms with Crippen molar-refractivity contribution in [3.63, 3.8) is 0 Å². The van der Waals surface area contributed by atoms with E-state index in [2.05, 4.69) is 47.8 Å². The van der Waals surface area contributed by atoms with Crippen LogP contribution in [-0.4, -0.2) is 74.7 Å². The van der Waals surface area contributed by atoms with E-state index in [0.29, 0.717) is 36.9 Å². The Morgan fingerprint density at radius 1 is 1.00 bits per heavy atom. The molecule has 3 fully saturated rings. The normalized spacial score (nSPS) is 28.9. The minimum atomic E-state index is -3.53. The van der Waals surface area contributed by atoms with Crippen LogP contribution in [0.1, 0.15) is 104 Å². The van der Waals surface area contributed by atoms with E-state index < -0.39 is 15.9 Å². The number of rotatable bonds is 20. The molecule has 1 aromatic carbocycles. The lowest BCUT2D eigenvalue weighted by molar-refractivity contribution is -0.0586. The first-order valence-corrected chi connectivity index (χ1v) is 20.9. The number of hydrogen-bond acceptors (Lipinski definition) is 7. The van der Waals surface area contributed by atoms with Crippen LogP contribution in [0.25, 0.3) is 0 Å². The quantitative estimate of drug-likeness (QED) is 0.107. The number of aliphatic hydroxyl groups excluding tert-OH is 1. The second-order valence-electron chi connectivity index (χ2n) is 15.3. The summed E-state index contributed by atoms with van der Waals surface area (Å²) in [5.74, 6) is 0.562. The van der Waals surface area contributed by atoms with Gasteiger partial charge in [0.2, 0.25) is 0 Å². The second kappa shape index (κ2) is 19.0. The van der Waals surface area contributed by atoms with Crippen LogP contribution in [-0.2, 0) is 35.2 Å². The third-order valence-corrected chi connectivity index (χ3v) is 13.4. The summed E-state index contributed by atoms with van der Waals surface area (Å²) in [6.07, 6.45) is 7.77. The van der Waals surface area contributed by atoms with Gasteiger partial charge in [0.25, 0.3) is 0 Å². The van der Waals surface area contributed by atoms with Gasteiger partial charge in [-0.05, 0) is 98.0 Å². The van der Waals surface area contributed by atoms with Gasteiger partial charge in [0.15, 0.2) is 16.1 Å². The fourth-order valence-corrected chi connectivity index (χ4v) is 9.95. The first kappa shape index (κ1) is 40.5. The SMILES string of the molecule is C=C(C[C@H](C)C[C@@H](Cl)CC[C@@H]1O[C@@H](CCC2OCCO2)CC1=C)[C@H](O)C[C@@H]1O[C@H](C[C@H](C)CC)[C@H](C)[C@H]1CS(=O)(=O)c1ccc(CC)cc1. The van der Waals surface area contributed by atoms with Crippen molar-refractivity contribution in [3.8, 4) is 0 Å². The van der Waals surface area contributed by atoms with Gasteiger partial charge in [-0.25, -0.2) is 8.42 Å². The Bertz CT molecular complexity index is 1290. The molecule has 9 heteroatoms. The molecule has 4 rings (SSSR count). The molecule has 0 unspecified atom stereocenters. The van der Waals surface area contributed by atoms with Crippen molar-refractivity contribution >= 4 is 21.4 Å². The van der Waals surface area contributed by atoms with E-state index in [1.807, 2.05) is 12.1 Å². The molecule has 3 aliphatic rings. The number of aryl methyl sites for hydroxylation is 1. The van der Waals surface area contributed by atoms with E-state index >= 15 is 0 Å². The van der Waals surface area contributed by atoms with E-state index in [4.69, 9.17) is 30.5 Å². The molecule has 0 aromatic heterocycles. The molecule has 0 saturated carbocycles. The lowest BCUT2D eigenvalue weighted by Gasteiger charge is -2.25. The number of halogens is 1. The Balaban J connectivity index is 1.26. The van der Waals surface area contributed by atoms with Crippen LogP contribution in [0.5, 0.6) is 0 Å². The molecule has 3 heterocycles. The van der Waals surface area contributed by atoms with Crippen molar-refractivity contribution < 1.29 is 32.5 Å². The van der Waals surface area contributed by atoms with E-state index in [1.54, 1.807) is 12.1 Å². The molecule has 278 valence electrons. The van der Waals surface area contributed by atoms with Crippen molar-refractivity contribution in [2.24, 2.45) is 23.7 Å². The predicted molar refractivity (Wildman–Crippen MR) is 198 cm³/mol. The van der Waals surface area contributed by atoms with E-state index in [0.717, 1.165) is 74.5 Å². The van der Waals surface area contributed by atoms with Crippen LogP contribution < -0.4 is 0 Å². The molecule has 1 aromatic rings. The van der Waals surface area contributed by atoms with Crippen molar-refractivity contribution in [2.75, 3.05) is 19.0 Å². The lowest BCUT2D eigenvalue weighted by Crippen LogP contribution is -2.31. The summed E-state index contributed by atoms with van der Waals surface area (Å²) in [5, 5.41) is 11.3. The summed E-state index contributed by atoms with van der Waals surface area (Å²) in [6.45, 7) is 20.6. The lowest BCUT2D eigenvalue weighted by atomic mass is 9.84. The number of benzene rings is 1. The van der Waals surface area contributed by atoms with Crippen LogP contribution in [0.2, 0.25) is 0 Å². The Hall–Kier alpha value is -1.26. The van der Waals surface area contributed by atoms with Crippen LogP contribution in [0.15, 0.2) is 53.5 Å². The van der Waals surface area contributed by atoms with Crippen molar-refractivity contribution in [3.05, 3.63) is 54.1 Å². The average molecular weight is 723 g/mol. The van der Waals surface area contributed by atoms with Gasteiger partial charge < -0.3 is 24.1 Å². The zero-order valence-corrected chi connectivity index (χ0v) is 32.2. The monoisotopic (exact) mass is 722 g/mol. The number of alkyl halides is 1. The maximum atomic E-state index is 13.6. The molecule has 49 heavy (non-hydrogen) atoms. The molecule has 0 radical (unpaired) electrons. The number of sulfone groups is 1. The highest BCUT2D eigenvalue weighted by atomic mass is 35.5. The Morgan fingerprint density at radius 3 is 2.35 bits per heavy atom. The van der Waals surface area contributed by atoms with Crippen LogP contribution in [0.3, 0.4) is 0 Å². The molecule has 0 amide bonds. The van der Waals surface area contributed by atoms with Crippen molar-refractivity contribution in [1.29, 1.82) is 0 Å². The Labute approximate surface area is 302 Å². The fraction of sp³-hybridized carbons (Fsp3) is 0.750. The van der Waals surface area contributed by atoms with Crippen molar-refractivity contribution in [2.45, 2.75) is 152 Å². The Kier molecular flexibility index (Phi) is 15.7. The van der Waals surface area contributed by atoms with E-state index in [-0.39, 0.29) is 59.6 Å². The maximum Gasteiger partial charge on any atom is 0.178 e. The zero-order chi connectivity index (χ0) is 35.7. The van der Waals surface area contributed by atoms with Gasteiger partial charge in [0.05, 0.1) is 54.4 Å². The number of hydrogen-bond donors (Lipinski definition) is 1. The molecule has 3 saturated heterocycles. The molecule has 0 aliphatic carbocycles. The van der Waals surface area contributed by atoms with Gasteiger partial charge in [0.1, 0.15) is 0 Å². The van der Waals surface area contributed by atoms with Gasteiger partial charge in [0, 0.05) is 24.1 Å². The molecule has 10 atom stereocenters. The van der Waals surface area contributed by atoms with Crippen molar-refractivity contribution in [1.82, 2.24) is 0 Å². The van der Waals surface area contributed by atoms with Crippen LogP contribution in [0, 0.1) is 23.7 Å². The van der Waals surface area contributed by atoms with Crippen LogP contribution >= 0.6 is 11.6 Å².